The number of aryl methyl sites for hydroxylation is 1. The van der Waals surface area contributed by atoms with E-state index in [1.54, 1.807) is 24.7 Å². The largest absolute Gasteiger partial charge is 0.469 e. The standard InChI is InChI=1S/C20H28ClN3O4S/c1-28-20(25)10-5-17(11-14-24-15-13-22-16-24)4-2-3-12-23-29(26,27)19-8-6-18(21)7-9-19/h6-9,13,15-17,23H,2-5,10-12,14H2,1H3. The number of halogens is 1. The number of methoxy groups -OCH3 is 1. The van der Waals surface area contributed by atoms with Crippen LogP contribution >= 0.6 is 11.6 Å². The van der Waals surface area contributed by atoms with E-state index in [1.165, 1.54) is 19.2 Å². The van der Waals surface area contributed by atoms with Gasteiger partial charge in [0.25, 0.3) is 0 Å². The first kappa shape index (κ1) is 23.4. The highest BCUT2D eigenvalue weighted by Gasteiger charge is 2.14. The monoisotopic (exact) mass is 441 g/mol. The van der Waals surface area contributed by atoms with Gasteiger partial charge >= 0.3 is 5.97 Å². The highest BCUT2D eigenvalue weighted by Crippen LogP contribution is 2.20. The fourth-order valence-electron chi connectivity index (χ4n) is 3.07. The first-order valence-electron chi connectivity index (χ1n) is 9.68. The maximum Gasteiger partial charge on any atom is 0.305 e. The molecule has 1 heterocycles. The number of benzene rings is 1. The van der Waals surface area contributed by atoms with Crippen molar-refractivity contribution in [3.8, 4) is 0 Å². The summed E-state index contributed by atoms with van der Waals surface area (Å²) in [6.45, 7) is 1.21. The second-order valence-electron chi connectivity index (χ2n) is 6.92. The average molecular weight is 442 g/mol. The zero-order chi connectivity index (χ0) is 21.1. The molecule has 0 fully saturated rings. The quantitative estimate of drug-likeness (QED) is 0.378. The fraction of sp³-hybridized carbons (Fsp3) is 0.500. The molecule has 0 saturated heterocycles. The molecule has 1 aromatic heterocycles. The molecule has 0 saturated carbocycles. The predicted octanol–water partition coefficient (Wildman–Crippen LogP) is 3.64. The Hall–Kier alpha value is -1.90. The first-order chi connectivity index (χ1) is 13.9. The van der Waals surface area contributed by atoms with Crippen molar-refractivity contribution in [3.05, 3.63) is 48.0 Å². The maximum absolute atomic E-state index is 12.3. The minimum absolute atomic E-state index is 0.201. The van der Waals surface area contributed by atoms with Crippen molar-refractivity contribution >= 4 is 27.6 Å². The third kappa shape index (κ3) is 8.55. The molecular weight excluding hydrogens is 414 g/mol. The van der Waals surface area contributed by atoms with Crippen LogP contribution in [0.1, 0.15) is 38.5 Å². The van der Waals surface area contributed by atoms with Gasteiger partial charge in [-0.15, -0.1) is 0 Å². The SMILES string of the molecule is COC(=O)CCC(CCCCNS(=O)(=O)c1ccc(Cl)cc1)CCn1ccnc1. The van der Waals surface area contributed by atoms with Gasteiger partial charge in [-0.3, -0.25) is 4.79 Å². The van der Waals surface area contributed by atoms with Crippen molar-refractivity contribution < 1.29 is 17.9 Å². The van der Waals surface area contributed by atoms with Crippen molar-refractivity contribution in [2.45, 2.75) is 50.0 Å². The van der Waals surface area contributed by atoms with Gasteiger partial charge in [0.2, 0.25) is 10.0 Å². The van der Waals surface area contributed by atoms with Crippen LogP contribution in [0.25, 0.3) is 0 Å². The van der Waals surface area contributed by atoms with Crippen LogP contribution in [0.15, 0.2) is 47.9 Å². The molecule has 0 radical (unpaired) electrons. The molecule has 0 aliphatic heterocycles. The normalized spacial score (nSPS) is 12.6. The summed E-state index contributed by atoms with van der Waals surface area (Å²) in [5, 5.41) is 0.498. The number of hydrogen-bond donors (Lipinski definition) is 1. The molecule has 1 N–H and O–H groups in total. The Morgan fingerprint density at radius 3 is 2.62 bits per heavy atom. The number of nitrogens with one attached hydrogen (secondary N) is 1. The molecule has 0 amide bonds. The number of rotatable bonds is 13. The number of esters is 1. The number of imidazole rings is 1. The van der Waals surface area contributed by atoms with Crippen molar-refractivity contribution in [2.24, 2.45) is 5.92 Å². The molecule has 2 aromatic rings. The number of sulfonamides is 1. The van der Waals surface area contributed by atoms with E-state index in [0.29, 0.717) is 23.9 Å². The highest BCUT2D eigenvalue weighted by molar-refractivity contribution is 7.89. The molecule has 1 atom stereocenters. The van der Waals surface area contributed by atoms with Crippen LogP contribution in [0.4, 0.5) is 0 Å². The zero-order valence-corrected chi connectivity index (χ0v) is 18.2. The molecule has 1 aromatic carbocycles. The lowest BCUT2D eigenvalue weighted by atomic mass is 9.93. The summed E-state index contributed by atoms with van der Waals surface area (Å²) >= 11 is 5.80. The minimum Gasteiger partial charge on any atom is -0.469 e. The third-order valence-electron chi connectivity index (χ3n) is 4.79. The van der Waals surface area contributed by atoms with Crippen LogP contribution in [0, 0.1) is 5.92 Å². The number of unbranched alkanes of at least 4 members (excludes halogenated alkanes) is 1. The van der Waals surface area contributed by atoms with Crippen LogP contribution in [0.2, 0.25) is 5.02 Å². The summed E-state index contributed by atoms with van der Waals surface area (Å²) in [5.41, 5.74) is 0. The summed E-state index contributed by atoms with van der Waals surface area (Å²) in [6.07, 6.45) is 10.1. The number of aromatic nitrogens is 2. The second kappa shape index (κ2) is 11.9. The third-order valence-corrected chi connectivity index (χ3v) is 6.52. The first-order valence-corrected chi connectivity index (χ1v) is 11.5. The van der Waals surface area contributed by atoms with E-state index in [1.807, 2.05) is 10.8 Å². The Kier molecular flexibility index (Phi) is 9.63. The Morgan fingerprint density at radius 1 is 1.21 bits per heavy atom. The van der Waals surface area contributed by atoms with Crippen molar-refractivity contribution in [2.75, 3.05) is 13.7 Å². The van der Waals surface area contributed by atoms with Gasteiger partial charge in [0, 0.05) is 36.9 Å². The molecule has 9 heteroatoms. The predicted molar refractivity (Wildman–Crippen MR) is 112 cm³/mol. The molecule has 0 bridgehead atoms. The number of carbonyl (C=O) groups is 1. The maximum atomic E-state index is 12.3. The molecule has 29 heavy (non-hydrogen) atoms. The van der Waals surface area contributed by atoms with Gasteiger partial charge in [-0.25, -0.2) is 18.1 Å². The smallest absolute Gasteiger partial charge is 0.305 e. The van der Waals surface area contributed by atoms with Crippen LogP contribution < -0.4 is 4.72 Å². The summed E-state index contributed by atoms with van der Waals surface area (Å²) in [5.74, 6) is 0.165. The Morgan fingerprint density at radius 2 is 1.97 bits per heavy atom. The van der Waals surface area contributed by atoms with Crippen molar-refractivity contribution in [1.29, 1.82) is 0 Å². The van der Waals surface area contributed by atoms with E-state index in [2.05, 4.69) is 9.71 Å². The van der Waals surface area contributed by atoms with Gasteiger partial charge in [0.1, 0.15) is 0 Å². The Bertz CT molecular complexity index is 839. The lowest BCUT2D eigenvalue weighted by molar-refractivity contribution is -0.141. The molecule has 0 aliphatic rings. The molecule has 7 nitrogen and oxygen atoms in total. The molecular formula is C20H28ClN3O4S. The molecule has 0 spiro atoms. The molecule has 1 unspecified atom stereocenters. The number of hydrogen-bond acceptors (Lipinski definition) is 5. The lowest BCUT2D eigenvalue weighted by Gasteiger charge is -2.17. The van der Waals surface area contributed by atoms with Gasteiger partial charge in [-0.2, -0.15) is 0 Å². The molecule has 0 aliphatic carbocycles. The number of carbonyl (C=O) groups excluding carboxylic acids is 1. The molecule has 2 rings (SSSR count). The van der Waals surface area contributed by atoms with Gasteiger partial charge < -0.3 is 9.30 Å². The van der Waals surface area contributed by atoms with Crippen molar-refractivity contribution in [3.63, 3.8) is 0 Å². The van der Waals surface area contributed by atoms with E-state index in [9.17, 15) is 13.2 Å². The zero-order valence-electron chi connectivity index (χ0n) is 16.6. The Balaban J connectivity index is 1.75. The lowest BCUT2D eigenvalue weighted by Crippen LogP contribution is -2.24. The van der Waals surface area contributed by atoms with E-state index >= 15 is 0 Å². The van der Waals surface area contributed by atoms with Crippen LogP contribution in [-0.2, 0) is 26.1 Å². The number of nitrogens with zero attached hydrogens (tertiary/aromatic N) is 2. The number of ether oxygens (including phenoxy) is 1. The van der Waals surface area contributed by atoms with Crippen LogP contribution in [0.3, 0.4) is 0 Å². The van der Waals surface area contributed by atoms with E-state index in [0.717, 1.165) is 38.6 Å². The van der Waals surface area contributed by atoms with Gasteiger partial charge in [0.05, 0.1) is 18.3 Å². The summed E-state index contributed by atoms with van der Waals surface area (Å²) in [4.78, 5) is 15.7. The molecule has 160 valence electrons. The van der Waals surface area contributed by atoms with E-state index in [4.69, 9.17) is 16.3 Å². The van der Waals surface area contributed by atoms with Gasteiger partial charge in [0.15, 0.2) is 0 Å². The Labute approximate surface area is 177 Å². The summed E-state index contributed by atoms with van der Waals surface area (Å²) in [7, 11) is -2.12. The topological polar surface area (TPSA) is 90.3 Å². The van der Waals surface area contributed by atoms with Gasteiger partial charge in [-0.05, 0) is 49.4 Å². The fourth-order valence-corrected chi connectivity index (χ4v) is 4.27. The van der Waals surface area contributed by atoms with Crippen LogP contribution in [0.5, 0.6) is 0 Å². The van der Waals surface area contributed by atoms with Crippen LogP contribution in [-0.4, -0.2) is 37.6 Å². The second-order valence-corrected chi connectivity index (χ2v) is 9.12. The van der Waals surface area contributed by atoms with Gasteiger partial charge in [-0.1, -0.05) is 24.4 Å². The highest BCUT2D eigenvalue weighted by atomic mass is 35.5. The van der Waals surface area contributed by atoms with Crippen molar-refractivity contribution in [1.82, 2.24) is 14.3 Å². The van der Waals surface area contributed by atoms with E-state index < -0.39 is 10.0 Å². The minimum atomic E-state index is -3.52. The summed E-state index contributed by atoms with van der Waals surface area (Å²) < 4.78 is 33.9. The summed E-state index contributed by atoms with van der Waals surface area (Å²) in [6, 6.07) is 6.10. The average Bonchev–Trinajstić information content (AvgIpc) is 3.22. The van der Waals surface area contributed by atoms with E-state index in [-0.39, 0.29) is 10.9 Å².